The molecule has 0 saturated carbocycles. The molecule has 8 nitrogen and oxygen atoms in total. The number of hydrogen-bond acceptors (Lipinski definition) is 5. The van der Waals surface area contributed by atoms with E-state index in [9.17, 15) is 4.79 Å². The average Bonchev–Trinajstić information content (AvgIpc) is 3.19. The Kier molecular flexibility index (Phi) is 8.23. The lowest BCUT2D eigenvalue weighted by Gasteiger charge is -2.35. The lowest BCUT2D eigenvalue weighted by Crippen LogP contribution is -2.55. The monoisotopic (exact) mass is 517 g/mol. The van der Waals surface area contributed by atoms with Crippen molar-refractivity contribution < 1.29 is 4.79 Å². The normalized spacial score (nSPS) is 15.0. The standard InChI is InChI=1S/C18H27N7OS.HI/c1-5-19-18(20-7-6-16-13(2)22-14(3)27-16)24-8-9-25(17(26)12-24)15-10-21-23(4)11-15;/h10-11H,5-9,12H2,1-4H3,(H,19,20);1H. The van der Waals surface area contributed by atoms with Gasteiger partial charge in [-0.2, -0.15) is 5.10 Å². The second-order valence-corrected chi connectivity index (χ2v) is 7.85. The van der Waals surface area contributed by atoms with E-state index in [-0.39, 0.29) is 29.9 Å². The van der Waals surface area contributed by atoms with Gasteiger partial charge in [-0.15, -0.1) is 35.3 Å². The third-order valence-corrected chi connectivity index (χ3v) is 5.59. The number of halogens is 1. The second kappa shape index (κ2) is 10.2. The second-order valence-electron chi connectivity index (χ2n) is 6.57. The molecule has 28 heavy (non-hydrogen) atoms. The molecule has 1 amide bonds. The number of carbonyl (C=O) groups is 1. The van der Waals surface area contributed by atoms with Gasteiger partial charge in [0.25, 0.3) is 0 Å². The highest BCUT2D eigenvalue weighted by Crippen LogP contribution is 2.18. The fourth-order valence-corrected chi connectivity index (χ4v) is 4.10. The molecule has 0 radical (unpaired) electrons. The van der Waals surface area contributed by atoms with Crippen LogP contribution in [0.1, 0.15) is 22.5 Å². The Morgan fingerprint density at radius 3 is 2.71 bits per heavy atom. The van der Waals surface area contributed by atoms with Gasteiger partial charge in [-0.3, -0.25) is 14.5 Å². The van der Waals surface area contributed by atoms with Crippen LogP contribution in [0.15, 0.2) is 17.4 Å². The maximum Gasteiger partial charge on any atom is 0.246 e. The van der Waals surface area contributed by atoms with Crippen molar-refractivity contribution in [2.45, 2.75) is 27.2 Å². The van der Waals surface area contributed by atoms with E-state index in [2.05, 4.69) is 15.4 Å². The molecule has 1 N–H and O–H groups in total. The number of aromatic nitrogens is 3. The zero-order valence-corrected chi connectivity index (χ0v) is 20.0. The van der Waals surface area contributed by atoms with Crippen molar-refractivity contribution in [3.63, 3.8) is 0 Å². The van der Waals surface area contributed by atoms with Gasteiger partial charge in [-0.1, -0.05) is 0 Å². The van der Waals surface area contributed by atoms with Gasteiger partial charge in [-0.25, -0.2) is 4.98 Å². The van der Waals surface area contributed by atoms with E-state index in [1.165, 1.54) is 4.88 Å². The van der Waals surface area contributed by atoms with Crippen molar-refractivity contribution in [2.24, 2.45) is 12.0 Å². The summed E-state index contributed by atoms with van der Waals surface area (Å²) in [6.07, 6.45) is 4.47. The molecule has 3 rings (SSSR count). The molecule has 154 valence electrons. The number of carbonyl (C=O) groups excluding carboxylic acids is 1. The number of anilines is 1. The number of nitrogens with one attached hydrogen (secondary N) is 1. The van der Waals surface area contributed by atoms with E-state index in [1.807, 2.05) is 38.9 Å². The third kappa shape index (κ3) is 5.43. The van der Waals surface area contributed by atoms with Crippen LogP contribution in [-0.4, -0.2) is 64.3 Å². The lowest BCUT2D eigenvalue weighted by atomic mass is 10.3. The summed E-state index contributed by atoms with van der Waals surface area (Å²) < 4.78 is 1.71. The van der Waals surface area contributed by atoms with Gasteiger partial charge in [0.05, 0.1) is 22.6 Å². The highest BCUT2D eigenvalue weighted by molar-refractivity contribution is 14.0. The maximum absolute atomic E-state index is 12.6. The molecule has 0 atom stereocenters. The highest BCUT2D eigenvalue weighted by Gasteiger charge is 2.27. The predicted molar refractivity (Wildman–Crippen MR) is 124 cm³/mol. The summed E-state index contributed by atoms with van der Waals surface area (Å²) in [4.78, 5) is 26.9. The maximum atomic E-state index is 12.6. The largest absolute Gasteiger partial charge is 0.357 e. The molecule has 1 aliphatic rings. The number of thiazole rings is 1. The van der Waals surface area contributed by atoms with E-state index in [4.69, 9.17) is 4.99 Å². The summed E-state index contributed by atoms with van der Waals surface area (Å²) >= 11 is 1.73. The first-order chi connectivity index (χ1) is 13.0. The quantitative estimate of drug-likeness (QED) is 0.373. The number of amides is 1. The van der Waals surface area contributed by atoms with Gasteiger partial charge in [0.1, 0.15) is 6.54 Å². The summed E-state index contributed by atoms with van der Waals surface area (Å²) in [5.41, 5.74) is 1.94. The van der Waals surface area contributed by atoms with Crippen LogP contribution in [0.2, 0.25) is 0 Å². The van der Waals surface area contributed by atoms with Crippen LogP contribution in [-0.2, 0) is 18.3 Å². The fourth-order valence-electron chi connectivity index (χ4n) is 3.17. The Balaban J connectivity index is 0.00000280. The van der Waals surface area contributed by atoms with E-state index in [0.29, 0.717) is 19.6 Å². The van der Waals surface area contributed by atoms with Crippen LogP contribution in [0.3, 0.4) is 0 Å². The van der Waals surface area contributed by atoms with E-state index in [1.54, 1.807) is 27.1 Å². The highest BCUT2D eigenvalue weighted by atomic mass is 127. The molecule has 0 aliphatic carbocycles. The first-order valence-electron chi connectivity index (χ1n) is 9.23. The Labute approximate surface area is 187 Å². The molecule has 0 spiro atoms. The summed E-state index contributed by atoms with van der Waals surface area (Å²) in [5.74, 6) is 0.865. The van der Waals surface area contributed by atoms with E-state index in [0.717, 1.165) is 41.9 Å². The summed E-state index contributed by atoms with van der Waals surface area (Å²) in [6.45, 7) is 9.26. The number of rotatable bonds is 5. The van der Waals surface area contributed by atoms with Crippen LogP contribution in [0, 0.1) is 13.8 Å². The van der Waals surface area contributed by atoms with Crippen LogP contribution in [0.25, 0.3) is 0 Å². The molecule has 1 fully saturated rings. The molecule has 0 aromatic carbocycles. The Morgan fingerprint density at radius 1 is 1.36 bits per heavy atom. The van der Waals surface area contributed by atoms with Crippen molar-refractivity contribution >= 4 is 52.9 Å². The van der Waals surface area contributed by atoms with Gasteiger partial charge in [0, 0.05) is 50.7 Å². The van der Waals surface area contributed by atoms with Crippen molar-refractivity contribution in [2.75, 3.05) is 37.6 Å². The summed E-state index contributed by atoms with van der Waals surface area (Å²) in [5, 5.41) is 8.56. The van der Waals surface area contributed by atoms with Crippen molar-refractivity contribution in [3.05, 3.63) is 28.0 Å². The van der Waals surface area contributed by atoms with Crippen molar-refractivity contribution in [1.29, 1.82) is 0 Å². The number of aliphatic imine (C=N–C) groups is 1. The smallest absolute Gasteiger partial charge is 0.246 e. The van der Waals surface area contributed by atoms with E-state index < -0.39 is 0 Å². The zero-order valence-electron chi connectivity index (χ0n) is 16.8. The molecule has 2 aromatic heterocycles. The average molecular weight is 517 g/mol. The van der Waals surface area contributed by atoms with Crippen molar-refractivity contribution in [1.82, 2.24) is 25.0 Å². The van der Waals surface area contributed by atoms with Crippen molar-refractivity contribution in [3.8, 4) is 0 Å². The topological polar surface area (TPSA) is 78.7 Å². The number of piperazine rings is 1. The number of hydrogen-bond donors (Lipinski definition) is 1. The predicted octanol–water partition coefficient (Wildman–Crippen LogP) is 1.97. The van der Waals surface area contributed by atoms with Crippen LogP contribution in [0.4, 0.5) is 5.69 Å². The third-order valence-electron chi connectivity index (χ3n) is 4.46. The van der Waals surface area contributed by atoms with Crippen LogP contribution in [0.5, 0.6) is 0 Å². The molecule has 1 saturated heterocycles. The molecule has 10 heteroatoms. The molecular formula is C18H28IN7OS. The Hall–Kier alpha value is -1.69. The van der Waals surface area contributed by atoms with Crippen LogP contribution >= 0.6 is 35.3 Å². The van der Waals surface area contributed by atoms with Gasteiger partial charge in [0.2, 0.25) is 5.91 Å². The molecular weight excluding hydrogens is 489 g/mol. The molecule has 1 aliphatic heterocycles. The SMILES string of the molecule is CCNC(=NCCc1sc(C)nc1C)N1CCN(c2cnn(C)c2)C(=O)C1.I. The lowest BCUT2D eigenvalue weighted by molar-refractivity contribution is -0.120. The summed E-state index contributed by atoms with van der Waals surface area (Å²) in [7, 11) is 1.85. The minimum atomic E-state index is 0. The number of guanidine groups is 1. The minimum absolute atomic E-state index is 0. The van der Waals surface area contributed by atoms with E-state index >= 15 is 0 Å². The molecule has 0 bridgehead atoms. The van der Waals surface area contributed by atoms with Gasteiger partial charge < -0.3 is 15.1 Å². The Morgan fingerprint density at radius 2 is 2.14 bits per heavy atom. The zero-order chi connectivity index (χ0) is 19.4. The first kappa shape index (κ1) is 22.6. The van der Waals surface area contributed by atoms with Crippen LogP contribution < -0.4 is 10.2 Å². The molecule has 2 aromatic rings. The number of nitrogens with zero attached hydrogens (tertiary/aromatic N) is 6. The minimum Gasteiger partial charge on any atom is -0.357 e. The number of aryl methyl sites for hydroxylation is 3. The molecule has 0 unspecified atom stereocenters. The first-order valence-corrected chi connectivity index (χ1v) is 10.0. The molecule has 3 heterocycles. The Bertz CT molecular complexity index is 832. The van der Waals surface area contributed by atoms with Gasteiger partial charge in [-0.05, 0) is 20.8 Å². The fraction of sp³-hybridized carbons (Fsp3) is 0.556. The van der Waals surface area contributed by atoms with Gasteiger partial charge in [0.15, 0.2) is 5.96 Å². The summed E-state index contributed by atoms with van der Waals surface area (Å²) in [6, 6.07) is 0. The van der Waals surface area contributed by atoms with Gasteiger partial charge >= 0.3 is 0 Å².